The number of rotatable bonds is 13. The van der Waals surface area contributed by atoms with E-state index in [1.54, 1.807) is 6.92 Å². The second kappa shape index (κ2) is 13.2. The molecule has 2 aromatic carbocycles. The summed E-state index contributed by atoms with van der Waals surface area (Å²) in [7, 11) is 0. The van der Waals surface area contributed by atoms with Crippen LogP contribution in [-0.4, -0.2) is 25.5 Å². The Balaban J connectivity index is 1.70. The third kappa shape index (κ3) is 8.02. The minimum absolute atomic E-state index is 0.0804. The number of ether oxygens (including phenoxy) is 3. The summed E-state index contributed by atoms with van der Waals surface area (Å²) in [4.78, 5) is 12.4. The molecule has 4 unspecified atom stereocenters. The second-order valence-corrected chi connectivity index (χ2v) is 8.17. The lowest BCUT2D eigenvalue weighted by Gasteiger charge is -2.21. The van der Waals surface area contributed by atoms with Crippen molar-refractivity contribution in [3.05, 3.63) is 65.7 Å². The first kappa shape index (κ1) is 24.9. The van der Waals surface area contributed by atoms with E-state index in [0.29, 0.717) is 19.1 Å². The normalized spacial score (nSPS) is 15.0. The molecular weight excluding hydrogens is 388 g/mol. The molecule has 0 amide bonds. The van der Waals surface area contributed by atoms with E-state index < -0.39 is 6.29 Å². The van der Waals surface area contributed by atoms with Crippen molar-refractivity contribution in [2.45, 2.75) is 72.0 Å². The van der Waals surface area contributed by atoms with E-state index in [4.69, 9.17) is 14.2 Å². The fourth-order valence-corrected chi connectivity index (χ4v) is 3.72. The van der Waals surface area contributed by atoms with Crippen molar-refractivity contribution >= 4 is 5.97 Å². The maximum Gasteiger partial charge on any atom is 0.311 e. The minimum Gasteiger partial charge on any atom is -0.491 e. The van der Waals surface area contributed by atoms with Crippen molar-refractivity contribution in [1.82, 2.24) is 0 Å². The number of benzene rings is 2. The van der Waals surface area contributed by atoms with Crippen molar-refractivity contribution in [3.63, 3.8) is 0 Å². The molecule has 0 heterocycles. The number of esters is 1. The fraction of sp³-hybridized carbons (Fsp3) is 0.519. The fourth-order valence-electron chi connectivity index (χ4n) is 3.72. The van der Waals surface area contributed by atoms with Gasteiger partial charge < -0.3 is 14.2 Å². The number of hydrogen-bond donors (Lipinski definition) is 0. The van der Waals surface area contributed by atoms with Gasteiger partial charge in [0.05, 0.1) is 12.5 Å². The van der Waals surface area contributed by atoms with Crippen LogP contribution in [0.4, 0.5) is 0 Å². The van der Waals surface area contributed by atoms with Gasteiger partial charge in [0.25, 0.3) is 0 Å². The highest BCUT2D eigenvalue weighted by Gasteiger charge is 2.24. The summed E-state index contributed by atoms with van der Waals surface area (Å²) in [6, 6.07) is 18.3. The highest BCUT2D eigenvalue weighted by atomic mass is 16.7. The average molecular weight is 427 g/mol. The lowest BCUT2D eigenvalue weighted by molar-refractivity contribution is -0.180. The van der Waals surface area contributed by atoms with E-state index in [0.717, 1.165) is 17.7 Å². The van der Waals surface area contributed by atoms with E-state index in [9.17, 15) is 4.79 Å². The third-order valence-corrected chi connectivity index (χ3v) is 5.92. The summed E-state index contributed by atoms with van der Waals surface area (Å²) in [5.74, 6) is 1.02. The van der Waals surface area contributed by atoms with E-state index >= 15 is 0 Å². The van der Waals surface area contributed by atoms with Crippen molar-refractivity contribution < 1.29 is 19.0 Å². The van der Waals surface area contributed by atoms with Crippen LogP contribution in [0, 0.1) is 5.92 Å². The van der Waals surface area contributed by atoms with Crippen LogP contribution in [0.2, 0.25) is 0 Å². The van der Waals surface area contributed by atoms with Crippen molar-refractivity contribution in [1.29, 1.82) is 0 Å². The SMILES string of the molecule is CCCC(CC)c1ccc(OCCOC(C)OC(=O)C(C)C(C)c2ccccc2)cc1. The van der Waals surface area contributed by atoms with Gasteiger partial charge in [-0.15, -0.1) is 0 Å². The monoisotopic (exact) mass is 426 g/mol. The van der Waals surface area contributed by atoms with Gasteiger partial charge >= 0.3 is 5.97 Å². The molecular formula is C27H38O4. The van der Waals surface area contributed by atoms with Gasteiger partial charge in [-0.05, 0) is 54.9 Å². The lowest BCUT2D eigenvalue weighted by atomic mass is 9.89. The van der Waals surface area contributed by atoms with Crippen LogP contribution < -0.4 is 4.74 Å². The van der Waals surface area contributed by atoms with Gasteiger partial charge in [0.15, 0.2) is 6.29 Å². The summed E-state index contributed by atoms with van der Waals surface area (Å²) in [5.41, 5.74) is 2.49. The molecule has 0 N–H and O–H groups in total. The lowest BCUT2D eigenvalue weighted by Crippen LogP contribution is -2.27. The zero-order valence-electron chi connectivity index (χ0n) is 19.7. The van der Waals surface area contributed by atoms with E-state index in [2.05, 4.69) is 26.0 Å². The third-order valence-electron chi connectivity index (χ3n) is 5.92. The Morgan fingerprint density at radius 1 is 0.871 bits per heavy atom. The van der Waals surface area contributed by atoms with E-state index in [1.807, 2.05) is 56.3 Å². The highest BCUT2D eigenvalue weighted by molar-refractivity contribution is 5.73. The average Bonchev–Trinajstić information content (AvgIpc) is 2.80. The molecule has 0 saturated carbocycles. The molecule has 0 aromatic heterocycles. The predicted octanol–water partition coefficient (Wildman–Crippen LogP) is 6.70. The topological polar surface area (TPSA) is 44.8 Å². The number of carbonyl (C=O) groups is 1. The Bertz CT molecular complexity index is 757. The highest BCUT2D eigenvalue weighted by Crippen LogP contribution is 2.27. The first-order valence-electron chi connectivity index (χ1n) is 11.6. The summed E-state index contributed by atoms with van der Waals surface area (Å²) >= 11 is 0. The second-order valence-electron chi connectivity index (χ2n) is 8.17. The molecule has 4 atom stereocenters. The molecule has 0 aliphatic heterocycles. The number of carbonyl (C=O) groups excluding carboxylic acids is 1. The van der Waals surface area contributed by atoms with Crippen LogP contribution in [0.5, 0.6) is 5.75 Å². The van der Waals surface area contributed by atoms with Crippen LogP contribution in [0.25, 0.3) is 0 Å². The smallest absolute Gasteiger partial charge is 0.311 e. The van der Waals surface area contributed by atoms with Crippen LogP contribution in [0.15, 0.2) is 54.6 Å². The molecule has 0 saturated heterocycles. The Kier molecular flexibility index (Phi) is 10.6. The number of hydrogen-bond acceptors (Lipinski definition) is 4. The van der Waals surface area contributed by atoms with Gasteiger partial charge in [-0.1, -0.05) is 76.6 Å². The molecule has 0 aliphatic carbocycles. The molecule has 2 rings (SSSR count). The summed E-state index contributed by atoms with van der Waals surface area (Å²) in [6.45, 7) is 10.9. The van der Waals surface area contributed by atoms with Crippen LogP contribution >= 0.6 is 0 Å². The van der Waals surface area contributed by atoms with Crippen molar-refractivity contribution in [2.24, 2.45) is 5.92 Å². The van der Waals surface area contributed by atoms with Crippen LogP contribution in [0.3, 0.4) is 0 Å². The molecule has 0 aliphatic rings. The largest absolute Gasteiger partial charge is 0.491 e. The molecule has 0 bridgehead atoms. The Labute approximate surface area is 187 Å². The maximum atomic E-state index is 12.4. The zero-order chi connectivity index (χ0) is 22.6. The van der Waals surface area contributed by atoms with Crippen LogP contribution in [-0.2, 0) is 14.3 Å². The standard InChI is InChI=1S/C27H38O4/c1-6-11-23(7-2)25-14-16-26(17-15-25)30-19-18-29-22(5)31-27(28)21(4)20(3)24-12-9-8-10-13-24/h8-10,12-17,20-23H,6-7,11,18-19H2,1-5H3. The first-order chi connectivity index (χ1) is 15.0. The van der Waals surface area contributed by atoms with E-state index in [-0.39, 0.29) is 17.8 Å². The minimum atomic E-state index is -0.608. The Hall–Kier alpha value is -2.33. The molecule has 4 nitrogen and oxygen atoms in total. The van der Waals surface area contributed by atoms with Gasteiger partial charge in [0.2, 0.25) is 0 Å². The predicted molar refractivity (Wildman–Crippen MR) is 125 cm³/mol. The van der Waals surface area contributed by atoms with Gasteiger partial charge in [-0.2, -0.15) is 0 Å². The van der Waals surface area contributed by atoms with Crippen molar-refractivity contribution in [3.8, 4) is 5.75 Å². The molecule has 0 fully saturated rings. The summed E-state index contributed by atoms with van der Waals surface area (Å²) < 4.78 is 16.8. The first-order valence-corrected chi connectivity index (χ1v) is 11.6. The van der Waals surface area contributed by atoms with Gasteiger partial charge in [0.1, 0.15) is 12.4 Å². The summed E-state index contributed by atoms with van der Waals surface area (Å²) in [6.07, 6.45) is 2.95. The van der Waals surface area contributed by atoms with Gasteiger partial charge in [0, 0.05) is 0 Å². The van der Waals surface area contributed by atoms with E-state index in [1.165, 1.54) is 18.4 Å². The molecule has 0 radical (unpaired) electrons. The quantitative estimate of drug-likeness (QED) is 0.203. The molecule has 170 valence electrons. The van der Waals surface area contributed by atoms with Gasteiger partial charge in [-0.25, -0.2) is 0 Å². The van der Waals surface area contributed by atoms with Crippen molar-refractivity contribution in [2.75, 3.05) is 13.2 Å². The molecule has 0 spiro atoms. The molecule has 2 aromatic rings. The molecule has 4 heteroatoms. The Morgan fingerprint density at radius 3 is 2.16 bits per heavy atom. The van der Waals surface area contributed by atoms with Gasteiger partial charge in [-0.3, -0.25) is 4.79 Å². The molecule has 31 heavy (non-hydrogen) atoms. The summed E-state index contributed by atoms with van der Waals surface area (Å²) in [5, 5.41) is 0. The zero-order valence-corrected chi connectivity index (χ0v) is 19.7. The maximum absolute atomic E-state index is 12.4. The Morgan fingerprint density at radius 2 is 1.55 bits per heavy atom. The van der Waals surface area contributed by atoms with Crippen LogP contribution in [0.1, 0.15) is 76.8 Å².